The molecule has 0 bridgehead atoms. The lowest BCUT2D eigenvalue weighted by molar-refractivity contribution is 0.607. The molecule has 0 fully saturated rings. The first kappa shape index (κ1) is 30.4. The van der Waals surface area contributed by atoms with Crippen LogP contribution in [0.15, 0.2) is 109 Å². The van der Waals surface area contributed by atoms with Gasteiger partial charge in [-0.3, -0.25) is 0 Å². The zero-order chi connectivity index (χ0) is 34.7. The van der Waals surface area contributed by atoms with Crippen LogP contribution in [0.1, 0.15) is 76.5 Å². The van der Waals surface area contributed by atoms with Gasteiger partial charge in [0.1, 0.15) is 0 Å². The van der Waals surface area contributed by atoms with Gasteiger partial charge in [-0.25, -0.2) is 0 Å². The van der Waals surface area contributed by atoms with Crippen molar-refractivity contribution in [1.29, 1.82) is 15.8 Å². The van der Waals surface area contributed by atoms with Gasteiger partial charge < -0.3 is 9.13 Å². The van der Waals surface area contributed by atoms with Crippen LogP contribution in [0.3, 0.4) is 0 Å². The summed E-state index contributed by atoms with van der Waals surface area (Å²) < 4.78 is 4.59. The van der Waals surface area contributed by atoms with E-state index in [1.165, 1.54) is 22.3 Å². The van der Waals surface area contributed by atoms with Gasteiger partial charge >= 0.3 is 0 Å². The van der Waals surface area contributed by atoms with Gasteiger partial charge in [0.2, 0.25) is 0 Å². The van der Waals surface area contributed by atoms with E-state index in [9.17, 15) is 15.8 Å². The van der Waals surface area contributed by atoms with E-state index < -0.39 is 5.41 Å². The Morgan fingerprint density at radius 1 is 0.725 bits per heavy atom. The topological polar surface area (TPSA) is 81.2 Å². The molecule has 0 N–H and O–H groups in total. The Bertz CT molecular complexity index is 2720. The summed E-state index contributed by atoms with van der Waals surface area (Å²) in [6.07, 6.45) is 19.7. The van der Waals surface area contributed by atoms with E-state index in [2.05, 4.69) is 119 Å². The number of benzene rings is 4. The zero-order valence-electron chi connectivity index (χ0n) is 28.3. The molecular formula is C46H33N5. The maximum atomic E-state index is 10.7. The molecule has 0 amide bonds. The number of nitrogens with zero attached hydrogens (tertiary/aromatic N) is 5. The first-order chi connectivity index (χ1) is 25.0. The summed E-state index contributed by atoms with van der Waals surface area (Å²) in [5.41, 5.74) is 13.3. The Balaban J connectivity index is 1.16. The first-order valence-electron chi connectivity index (χ1n) is 17.5. The molecule has 0 saturated heterocycles. The highest BCUT2D eigenvalue weighted by atomic mass is 15.0. The predicted molar refractivity (Wildman–Crippen MR) is 204 cm³/mol. The molecule has 1 unspecified atom stereocenters. The van der Waals surface area contributed by atoms with Gasteiger partial charge in [0.25, 0.3) is 0 Å². The molecule has 2 aromatic heterocycles. The Hall–Kier alpha value is -6.61. The number of nitriles is 3. The highest BCUT2D eigenvalue weighted by molar-refractivity contribution is 5.95. The number of hydrogen-bond donors (Lipinski definition) is 0. The smallest absolute Gasteiger partial charge is 0.0998 e. The summed E-state index contributed by atoms with van der Waals surface area (Å²) in [4.78, 5) is 0. The first-order valence-corrected chi connectivity index (χ1v) is 17.5. The molecule has 3 aliphatic rings. The van der Waals surface area contributed by atoms with Crippen molar-refractivity contribution < 1.29 is 0 Å². The molecule has 0 saturated carbocycles. The Kier molecular flexibility index (Phi) is 7.03. The molecule has 0 spiro atoms. The van der Waals surface area contributed by atoms with Gasteiger partial charge in [-0.05, 0) is 103 Å². The quantitative estimate of drug-likeness (QED) is 0.190. The fourth-order valence-corrected chi connectivity index (χ4v) is 8.70. The number of fused-ring (bicyclic) bond motifs is 6. The average Bonchev–Trinajstić information content (AvgIpc) is 3.70. The lowest BCUT2D eigenvalue weighted by Crippen LogP contribution is -2.23. The summed E-state index contributed by atoms with van der Waals surface area (Å²) in [6, 6.07) is 34.0. The third kappa shape index (κ3) is 4.65. The van der Waals surface area contributed by atoms with Crippen molar-refractivity contribution in [2.45, 2.75) is 44.4 Å². The van der Waals surface area contributed by atoms with Gasteiger partial charge in [0.15, 0.2) is 0 Å². The minimum Gasteiger partial charge on any atom is -0.313 e. The second-order valence-corrected chi connectivity index (χ2v) is 13.9. The lowest BCUT2D eigenvalue weighted by Gasteiger charge is -2.32. The SMILES string of the molecule is CC1(c2ccc(-n3c4c(c5cc(C#N)ccc53)C=CCC4)cc2C#N)C=CC=C(c2c(C#N)cccc2-n2c3c(c4ccccc42)CCC=C3)C1. The van der Waals surface area contributed by atoms with E-state index in [-0.39, 0.29) is 0 Å². The van der Waals surface area contributed by atoms with Crippen molar-refractivity contribution in [2.24, 2.45) is 0 Å². The number of allylic oxidation sites excluding steroid dienone is 6. The molecule has 0 radical (unpaired) electrons. The van der Waals surface area contributed by atoms with Crippen LogP contribution in [0.25, 0.3) is 50.9 Å². The minimum absolute atomic E-state index is 0.492. The summed E-state index contributed by atoms with van der Waals surface area (Å²) in [5.74, 6) is 0. The molecule has 9 rings (SSSR count). The van der Waals surface area contributed by atoms with Crippen LogP contribution in [0.5, 0.6) is 0 Å². The van der Waals surface area contributed by atoms with Crippen molar-refractivity contribution in [3.63, 3.8) is 0 Å². The summed E-state index contributed by atoms with van der Waals surface area (Å²) in [5, 5.41) is 33.0. The molecule has 6 aromatic rings. The Morgan fingerprint density at radius 3 is 2.41 bits per heavy atom. The normalized spacial score (nSPS) is 17.4. The maximum Gasteiger partial charge on any atom is 0.0998 e. The molecule has 51 heavy (non-hydrogen) atoms. The highest BCUT2D eigenvalue weighted by Gasteiger charge is 2.33. The molecular weight excluding hydrogens is 623 g/mol. The van der Waals surface area contributed by atoms with Crippen LogP contribution >= 0.6 is 0 Å². The summed E-state index contributed by atoms with van der Waals surface area (Å²) in [7, 11) is 0. The number of hydrogen-bond acceptors (Lipinski definition) is 3. The third-order valence-electron chi connectivity index (χ3n) is 11.0. The van der Waals surface area contributed by atoms with E-state index in [1.807, 2.05) is 36.4 Å². The number of aryl methyl sites for hydroxylation is 1. The fourth-order valence-electron chi connectivity index (χ4n) is 8.70. The van der Waals surface area contributed by atoms with Gasteiger partial charge in [-0.15, -0.1) is 0 Å². The number of para-hydroxylation sites is 1. The van der Waals surface area contributed by atoms with Crippen LogP contribution in [0.4, 0.5) is 0 Å². The average molecular weight is 656 g/mol. The molecule has 0 aliphatic heterocycles. The van der Waals surface area contributed by atoms with Crippen LogP contribution in [0.2, 0.25) is 0 Å². The molecule has 242 valence electrons. The molecule has 5 heteroatoms. The van der Waals surface area contributed by atoms with E-state index in [1.54, 1.807) is 0 Å². The van der Waals surface area contributed by atoms with E-state index >= 15 is 0 Å². The monoisotopic (exact) mass is 655 g/mol. The van der Waals surface area contributed by atoms with Crippen molar-refractivity contribution in [3.8, 4) is 29.6 Å². The van der Waals surface area contributed by atoms with Crippen molar-refractivity contribution in [2.75, 3.05) is 0 Å². The lowest BCUT2D eigenvalue weighted by atomic mass is 9.71. The molecule has 1 atom stereocenters. The summed E-state index contributed by atoms with van der Waals surface area (Å²) >= 11 is 0. The number of rotatable bonds is 4. The van der Waals surface area contributed by atoms with E-state index in [0.717, 1.165) is 75.7 Å². The Labute approximate surface area is 297 Å². The van der Waals surface area contributed by atoms with E-state index in [0.29, 0.717) is 23.1 Å². The van der Waals surface area contributed by atoms with Crippen LogP contribution in [0, 0.1) is 34.0 Å². The third-order valence-corrected chi connectivity index (χ3v) is 11.0. The molecule has 3 aliphatic carbocycles. The molecule has 2 heterocycles. The standard InChI is InChI=1S/C46H33N5/c1-46(39-21-20-34(25-33(39)29-49)50-40-15-5-4-14-37(40)38-24-30(27-47)19-22-43(38)50)23-9-11-31(26-46)45-32(28-48)10-8-18-44(45)51-41-16-6-2-12-35(41)36-13-3-7-17-42(36)51/h2,4,6-12,14,16-25H,3,5,13,15,26H2,1H3. The van der Waals surface area contributed by atoms with Crippen molar-refractivity contribution in [1.82, 2.24) is 9.13 Å². The van der Waals surface area contributed by atoms with Gasteiger partial charge in [-0.2, -0.15) is 15.8 Å². The Morgan fingerprint density at radius 2 is 1.55 bits per heavy atom. The minimum atomic E-state index is -0.492. The van der Waals surface area contributed by atoms with E-state index in [4.69, 9.17) is 0 Å². The maximum absolute atomic E-state index is 10.7. The second kappa shape index (κ2) is 11.8. The van der Waals surface area contributed by atoms with Crippen LogP contribution in [-0.2, 0) is 18.3 Å². The zero-order valence-corrected chi connectivity index (χ0v) is 28.3. The van der Waals surface area contributed by atoms with Crippen molar-refractivity contribution >= 4 is 39.5 Å². The van der Waals surface area contributed by atoms with Gasteiger partial charge in [-0.1, -0.05) is 73.7 Å². The number of aromatic nitrogens is 2. The second-order valence-electron chi connectivity index (χ2n) is 13.9. The van der Waals surface area contributed by atoms with Gasteiger partial charge in [0.05, 0.1) is 51.6 Å². The van der Waals surface area contributed by atoms with Crippen LogP contribution < -0.4 is 0 Å². The van der Waals surface area contributed by atoms with Gasteiger partial charge in [0, 0.05) is 44.4 Å². The summed E-state index contributed by atoms with van der Waals surface area (Å²) in [6.45, 7) is 2.19. The largest absolute Gasteiger partial charge is 0.313 e. The molecule has 5 nitrogen and oxygen atoms in total. The fraction of sp³-hybridized carbons (Fsp3) is 0.152. The highest BCUT2D eigenvalue weighted by Crippen LogP contribution is 2.45. The molecule has 4 aromatic carbocycles. The van der Waals surface area contributed by atoms with Crippen LogP contribution in [-0.4, -0.2) is 9.13 Å². The van der Waals surface area contributed by atoms with Crippen molar-refractivity contribution in [3.05, 3.63) is 160 Å². The predicted octanol–water partition coefficient (Wildman–Crippen LogP) is 10.4.